The molecule has 0 fully saturated rings. The lowest BCUT2D eigenvalue weighted by atomic mass is 10.2. The largest absolute Gasteiger partial charge is 0.381 e. The fourth-order valence-electron chi connectivity index (χ4n) is 1.46. The van der Waals surface area contributed by atoms with Gasteiger partial charge in [-0.25, -0.2) is 0 Å². The average molecular weight is 243 g/mol. The molecule has 0 saturated heterocycles. The summed E-state index contributed by atoms with van der Waals surface area (Å²) in [6.07, 6.45) is 8.70. The summed E-state index contributed by atoms with van der Waals surface area (Å²) in [7, 11) is 0. The topological polar surface area (TPSA) is 24.9 Å². The van der Waals surface area contributed by atoms with Crippen molar-refractivity contribution in [3.63, 3.8) is 0 Å². The van der Waals surface area contributed by atoms with E-state index in [1.54, 1.807) is 12.4 Å². The molecule has 1 aromatic carbocycles. The predicted octanol–water partition coefficient (Wildman–Crippen LogP) is 3.33. The van der Waals surface area contributed by atoms with Crippen LogP contribution in [0.5, 0.6) is 0 Å². The van der Waals surface area contributed by atoms with Crippen molar-refractivity contribution in [2.75, 3.05) is 5.32 Å². The zero-order valence-electron chi connectivity index (χ0n) is 9.15. The maximum Gasteiger partial charge on any atom is 0.0639 e. The maximum absolute atomic E-state index is 6.01. The molecule has 17 heavy (non-hydrogen) atoms. The minimum absolute atomic E-state index is 0.648. The first kappa shape index (κ1) is 11.5. The molecule has 0 atom stereocenters. The fourth-order valence-corrected chi connectivity index (χ4v) is 1.65. The number of nitrogens with one attached hydrogen (secondary N) is 1. The number of pyridine rings is 1. The molecule has 2 rings (SSSR count). The van der Waals surface area contributed by atoms with Gasteiger partial charge in [-0.3, -0.25) is 4.98 Å². The smallest absolute Gasteiger partial charge is 0.0639 e. The molecule has 0 aliphatic rings. The van der Waals surface area contributed by atoms with E-state index in [2.05, 4.69) is 16.2 Å². The van der Waals surface area contributed by atoms with Gasteiger partial charge in [0.15, 0.2) is 0 Å². The van der Waals surface area contributed by atoms with Gasteiger partial charge in [-0.15, -0.1) is 6.42 Å². The van der Waals surface area contributed by atoms with E-state index in [1.807, 2.05) is 30.3 Å². The first-order valence-electron chi connectivity index (χ1n) is 5.18. The lowest BCUT2D eigenvalue weighted by Gasteiger charge is -2.07. The number of terminal acetylenes is 1. The van der Waals surface area contributed by atoms with E-state index >= 15 is 0 Å². The first-order valence-corrected chi connectivity index (χ1v) is 5.56. The average Bonchev–Trinajstić information content (AvgIpc) is 2.38. The van der Waals surface area contributed by atoms with Crippen molar-refractivity contribution >= 4 is 17.3 Å². The molecule has 1 heterocycles. The number of benzene rings is 1. The van der Waals surface area contributed by atoms with Crippen molar-refractivity contribution in [1.82, 2.24) is 4.98 Å². The van der Waals surface area contributed by atoms with Crippen LogP contribution in [0, 0.1) is 12.3 Å². The molecule has 1 aromatic heterocycles. The molecular formula is C14H11ClN2. The highest BCUT2D eigenvalue weighted by Gasteiger charge is 1.99. The third kappa shape index (κ3) is 2.99. The standard InChI is InChI=1S/C14H11ClN2/c1-2-11-4-3-5-13(8-11)17-9-12-6-7-16-10-14(12)15/h1,3-8,10,17H,9H2. The Labute approximate surface area is 106 Å². The van der Waals surface area contributed by atoms with Gasteiger partial charge in [-0.05, 0) is 29.8 Å². The number of hydrogen-bond donors (Lipinski definition) is 1. The third-order valence-corrected chi connectivity index (χ3v) is 2.71. The van der Waals surface area contributed by atoms with E-state index in [4.69, 9.17) is 18.0 Å². The monoisotopic (exact) mass is 242 g/mol. The zero-order valence-corrected chi connectivity index (χ0v) is 9.91. The number of hydrogen-bond acceptors (Lipinski definition) is 2. The highest BCUT2D eigenvalue weighted by molar-refractivity contribution is 6.31. The second kappa shape index (κ2) is 5.38. The summed E-state index contributed by atoms with van der Waals surface area (Å²) in [6.45, 7) is 0.648. The van der Waals surface area contributed by atoms with Crippen LogP contribution in [-0.4, -0.2) is 4.98 Å². The van der Waals surface area contributed by atoms with Gasteiger partial charge in [0.05, 0.1) is 5.02 Å². The van der Waals surface area contributed by atoms with E-state index < -0.39 is 0 Å². The highest BCUT2D eigenvalue weighted by Crippen LogP contribution is 2.16. The lowest BCUT2D eigenvalue weighted by molar-refractivity contribution is 1.13. The summed E-state index contributed by atoms with van der Waals surface area (Å²) in [5.74, 6) is 2.60. The molecular weight excluding hydrogens is 232 g/mol. The number of rotatable bonds is 3. The summed E-state index contributed by atoms with van der Waals surface area (Å²) in [5, 5.41) is 3.93. The lowest BCUT2D eigenvalue weighted by Crippen LogP contribution is -2.00. The van der Waals surface area contributed by atoms with Crippen LogP contribution in [0.4, 0.5) is 5.69 Å². The van der Waals surface area contributed by atoms with Gasteiger partial charge in [0.25, 0.3) is 0 Å². The van der Waals surface area contributed by atoms with Crippen molar-refractivity contribution < 1.29 is 0 Å². The molecule has 0 aliphatic carbocycles. The molecule has 0 bridgehead atoms. The fraction of sp³-hybridized carbons (Fsp3) is 0.0714. The Bertz CT molecular complexity index is 558. The highest BCUT2D eigenvalue weighted by atomic mass is 35.5. The van der Waals surface area contributed by atoms with Crippen molar-refractivity contribution in [3.8, 4) is 12.3 Å². The van der Waals surface area contributed by atoms with Gasteiger partial charge in [0.1, 0.15) is 0 Å². The van der Waals surface area contributed by atoms with Gasteiger partial charge in [-0.2, -0.15) is 0 Å². The quantitative estimate of drug-likeness (QED) is 0.836. The van der Waals surface area contributed by atoms with E-state index in [0.29, 0.717) is 11.6 Å². The molecule has 0 amide bonds. The first-order chi connectivity index (χ1) is 8.29. The van der Waals surface area contributed by atoms with Crippen LogP contribution in [0.2, 0.25) is 5.02 Å². The molecule has 0 radical (unpaired) electrons. The second-order valence-electron chi connectivity index (χ2n) is 3.55. The Morgan fingerprint density at radius 1 is 1.35 bits per heavy atom. The number of anilines is 1. The van der Waals surface area contributed by atoms with E-state index in [-0.39, 0.29) is 0 Å². The van der Waals surface area contributed by atoms with Crippen LogP contribution in [0.25, 0.3) is 0 Å². The van der Waals surface area contributed by atoms with E-state index in [0.717, 1.165) is 16.8 Å². The molecule has 0 aliphatic heterocycles. The van der Waals surface area contributed by atoms with Crippen LogP contribution in [0.3, 0.4) is 0 Å². The zero-order chi connectivity index (χ0) is 12.1. The molecule has 84 valence electrons. The molecule has 0 unspecified atom stereocenters. The Hall–Kier alpha value is -1.98. The molecule has 1 N–H and O–H groups in total. The van der Waals surface area contributed by atoms with Crippen LogP contribution in [0.15, 0.2) is 42.7 Å². The maximum atomic E-state index is 6.01. The Morgan fingerprint density at radius 2 is 2.24 bits per heavy atom. The molecule has 2 aromatic rings. The Balaban J connectivity index is 2.08. The summed E-state index contributed by atoms with van der Waals surface area (Å²) in [5.41, 5.74) is 2.84. The number of halogens is 1. The second-order valence-corrected chi connectivity index (χ2v) is 3.95. The Morgan fingerprint density at radius 3 is 3.00 bits per heavy atom. The van der Waals surface area contributed by atoms with E-state index in [1.165, 1.54) is 0 Å². The molecule has 3 heteroatoms. The predicted molar refractivity (Wildman–Crippen MR) is 71.0 cm³/mol. The number of nitrogens with zero attached hydrogens (tertiary/aromatic N) is 1. The minimum Gasteiger partial charge on any atom is -0.381 e. The summed E-state index contributed by atoms with van der Waals surface area (Å²) < 4.78 is 0. The Kier molecular flexibility index (Phi) is 3.64. The van der Waals surface area contributed by atoms with Gasteiger partial charge in [-0.1, -0.05) is 23.6 Å². The SMILES string of the molecule is C#Cc1cccc(NCc2ccncc2Cl)c1. The molecule has 0 saturated carbocycles. The molecule has 0 spiro atoms. The van der Waals surface area contributed by atoms with Crippen molar-refractivity contribution in [1.29, 1.82) is 0 Å². The van der Waals surface area contributed by atoms with E-state index in [9.17, 15) is 0 Å². The van der Waals surface area contributed by atoms with Crippen molar-refractivity contribution in [3.05, 3.63) is 58.9 Å². The van der Waals surface area contributed by atoms with Crippen LogP contribution in [-0.2, 0) is 6.54 Å². The summed E-state index contributed by atoms with van der Waals surface area (Å²) >= 11 is 6.01. The normalized spacial score (nSPS) is 9.65. The van der Waals surface area contributed by atoms with Crippen LogP contribution in [0.1, 0.15) is 11.1 Å². The number of aromatic nitrogens is 1. The van der Waals surface area contributed by atoms with Crippen molar-refractivity contribution in [2.24, 2.45) is 0 Å². The summed E-state index contributed by atoms with van der Waals surface area (Å²) in [6, 6.07) is 9.60. The van der Waals surface area contributed by atoms with Gasteiger partial charge >= 0.3 is 0 Å². The minimum atomic E-state index is 0.648. The third-order valence-electron chi connectivity index (χ3n) is 2.37. The summed E-state index contributed by atoms with van der Waals surface area (Å²) in [4.78, 5) is 3.94. The van der Waals surface area contributed by atoms with Crippen LogP contribution >= 0.6 is 11.6 Å². The van der Waals surface area contributed by atoms with Crippen molar-refractivity contribution in [2.45, 2.75) is 6.54 Å². The molecule has 2 nitrogen and oxygen atoms in total. The van der Waals surface area contributed by atoms with Gasteiger partial charge in [0, 0.05) is 30.2 Å². The van der Waals surface area contributed by atoms with Crippen LogP contribution < -0.4 is 5.32 Å². The van der Waals surface area contributed by atoms with Gasteiger partial charge < -0.3 is 5.32 Å². The van der Waals surface area contributed by atoms with Gasteiger partial charge in [0.2, 0.25) is 0 Å².